The van der Waals surface area contributed by atoms with Crippen LogP contribution in [0.15, 0.2) is 18.2 Å². The number of rotatable bonds is 6. The number of ether oxygens (including phenoxy) is 2. The summed E-state index contributed by atoms with van der Waals surface area (Å²) in [5.41, 5.74) is 1.29. The smallest absolute Gasteiger partial charge is 0.221 e. The number of carbonyl (C=O) groups excluding carboxylic acids is 1. The summed E-state index contributed by atoms with van der Waals surface area (Å²) in [5, 5.41) is 6.14. The van der Waals surface area contributed by atoms with Crippen molar-refractivity contribution in [2.75, 3.05) is 33.4 Å². The van der Waals surface area contributed by atoms with E-state index in [2.05, 4.69) is 22.8 Å². The maximum Gasteiger partial charge on any atom is 0.221 e. The monoisotopic (exact) mass is 318 g/mol. The molecule has 126 valence electrons. The summed E-state index contributed by atoms with van der Waals surface area (Å²) in [5.74, 6) is 1.77. The van der Waals surface area contributed by atoms with E-state index in [0.717, 1.165) is 24.3 Å². The minimum Gasteiger partial charge on any atom is -0.486 e. The van der Waals surface area contributed by atoms with Gasteiger partial charge in [0.1, 0.15) is 13.2 Å². The Hall–Kier alpha value is -1.75. The fourth-order valence-corrected chi connectivity index (χ4v) is 3.59. The van der Waals surface area contributed by atoms with E-state index in [9.17, 15) is 4.79 Å². The van der Waals surface area contributed by atoms with E-state index in [-0.39, 0.29) is 11.3 Å². The molecule has 1 fully saturated rings. The molecule has 1 aliphatic heterocycles. The lowest BCUT2D eigenvalue weighted by Gasteiger charge is -2.31. The first kappa shape index (κ1) is 16.1. The second kappa shape index (κ2) is 7.21. The van der Waals surface area contributed by atoms with Crippen molar-refractivity contribution < 1.29 is 14.3 Å². The lowest BCUT2D eigenvalue weighted by Crippen LogP contribution is -2.39. The summed E-state index contributed by atoms with van der Waals surface area (Å²) in [6.07, 6.45) is 5.16. The average molecular weight is 318 g/mol. The molecule has 0 spiro atoms. The summed E-state index contributed by atoms with van der Waals surface area (Å²) in [6.45, 7) is 2.63. The molecule has 23 heavy (non-hydrogen) atoms. The van der Waals surface area contributed by atoms with Crippen molar-refractivity contribution in [3.63, 3.8) is 0 Å². The van der Waals surface area contributed by atoms with Crippen LogP contribution in [-0.2, 0) is 10.2 Å². The van der Waals surface area contributed by atoms with Gasteiger partial charge in [-0.05, 0) is 37.6 Å². The van der Waals surface area contributed by atoms with E-state index in [1.807, 2.05) is 13.1 Å². The molecule has 0 aromatic heterocycles. The number of amides is 1. The Morgan fingerprint density at radius 3 is 2.65 bits per heavy atom. The quantitative estimate of drug-likeness (QED) is 0.842. The van der Waals surface area contributed by atoms with Crippen molar-refractivity contribution in [2.45, 2.75) is 37.5 Å². The molecule has 5 nitrogen and oxygen atoms in total. The van der Waals surface area contributed by atoms with E-state index in [4.69, 9.17) is 9.47 Å². The number of nitrogens with one attached hydrogen (secondary N) is 2. The Kier molecular flexibility index (Phi) is 5.06. The molecule has 0 radical (unpaired) electrons. The third kappa shape index (κ3) is 3.61. The zero-order valence-corrected chi connectivity index (χ0v) is 13.8. The van der Waals surface area contributed by atoms with Gasteiger partial charge in [-0.3, -0.25) is 4.79 Å². The number of fused-ring (bicyclic) bond motifs is 1. The fraction of sp³-hybridized carbons (Fsp3) is 0.611. The third-order valence-corrected chi connectivity index (χ3v) is 4.94. The van der Waals surface area contributed by atoms with Crippen LogP contribution in [0.3, 0.4) is 0 Å². The highest BCUT2D eigenvalue weighted by Gasteiger charge is 2.36. The molecule has 1 amide bonds. The van der Waals surface area contributed by atoms with Crippen LogP contribution in [0.25, 0.3) is 0 Å². The lowest BCUT2D eigenvalue weighted by atomic mass is 9.78. The second-order valence-corrected chi connectivity index (χ2v) is 6.48. The first-order valence-corrected chi connectivity index (χ1v) is 8.55. The van der Waals surface area contributed by atoms with E-state index in [1.54, 1.807) is 0 Å². The zero-order valence-electron chi connectivity index (χ0n) is 13.8. The van der Waals surface area contributed by atoms with Crippen molar-refractivity contribution in [3.05, 3.63) is 23.8 Å². The van der Waals surface area contributed by atoms with Gasteiger partial charge in [0.15, 0.2) is 11.5 Å². The molecule has 0 unspecified atom stereocenters. The van der Waals surface area contributed by atoms with Crippen molar-refractivity contribution in [1.82, 2.24) is 10.6 Å². The summed E-state index contributed by atoms with van der Waals surface area (Å²) in [6, 6.07) is 6.25. The molecular formula is C18H26N2O3. The Morgan fingerprint density at radius 2 is 1.91 bits per heavy atom. The number of benzene rings is 1. The molecule has 2 N–H and O–H groups in total. The third-order valence-electron chi connectivity index (χ3n) is 4.94. The van der Waals surface area contributed by atoms with Crippen LogP contribution in [0.5, 0.6) is 11.5 Å². The standard InChI is InChI=1S/C18H26N2O3/c1-19-9-6-17(21)20-13-18(7-2-3-8-18)14-4-5-15-16(12-14)23-11-10-22-15/h4-5,12,19H,2-3,6-11,13H2,1H3,(H,20,21). The predicted octanol–water partition coefficient (Wildman–Crippen LogP) is 2.00. The van der Waals surface area contributed by atoms with Gasteiger partial charge in [0.05, 0.1) is 0 Å². The van der Waals surface area contributed by atoms with Gasteiger partial charge < -0.3 is 20.1 Å². The molecule has 1 aliphatic carbocycles. The zero-order chi connectivity index (χ0) is 16.1. The van der Waals surface area contributed by atoms with Gasteiger partial charge in [-0.15, -0.1) is 0 Å². The van der Waals surface area contributed by atoms with E-state index >= 15 is 0 Å². The summed E-state index contributed by atoms with van der Waals surface area (Å²) < 4.78 is 11.3. The molecule has 3 rings (SSSR count). The average Bonchev–Trinajstić information content (AvgIpc) is 3.08. The molecule has 0 saturated heterocycles. The van der Waals surface area contributed by atoms with Gasteiger partial charge in [-0.25, -0.2) is 0 Å². The molecule has 1 heterocycles. The first-order chi connectivity index (χ1) is 11.2. The van der Waals surface area contributed by atoms with E-state index in [1.165, 1.54) is 18.4 Å². The van der Waals surface area contributed by atoms with E-state index in [0.29, 0.717) is 32.7 Å². The van der Waals surface area contributed by atoms with Crippen LogP contribution in [0.4, 0.5) is 0 Å². The van der Waals surface area contributed by atoms with Crippen LogP contribution >= 0.6 is 0 Å². The molecule has 0 atom stereocenters. The van der Waals surface area contributed by atoms with Crippen LogP contribution in [0.2, 0.25) is 0 Å². The maximum absolute atomic E-state index is 12.0. The van der Waals surface area contributed by atoms with Crippen molar-refractivity contribution in [3.8, 4) is 11.5 Å². The van der Waals surface area contributed by atoms with Gasteiger partial charge in [0.2, 0.25) is 5.91 Å². The molecule has 1 aromatic rings. The van der Waals surface area contributed by atoms with Crippen molar-refractivity contribution in [1.29, 1.82) is 0 Å². The Bertz CT molecular complexity index is 553. The summed E-state index contributed by atoms with van der Waals surface area (Å²) in [7, 11) is 1.86. The number of carbonyl (C=O) groups is 1. The molecule has 2 aliphatic rings. The van der Waals surface area contributed by atoms with E-state index < -0.39 is 0 Å². The van der Waals surface area contributed by atoms with Crippen LogP contribution in [0.1, 0.15) is 37.7 Å². The highest BCUT2D eigenvalue weighted by molar-refractivity contribution is 5.76. The minimum absolute atomic E-state index is 0.0329. The predicted molar refractivity (Wildman–Crippen MR) is 89.1 cm³/mol. The molecule has 1 saturated carbocycles. The summed E-state index contributed by atoms with van der Waals surface area (Å²) in [4.78, 5) is 12.0. The minimum atomic E-state index is 0.0329. The van der Waals surface area contributed by atoms with Gasteiger partial charge in [-0.1, -0.05) is 18.9 Å². The molecule has 0 bridgehead atoms. The molecule has 1 aromatic carbocycles. The normalized spacial score (nSPS) is 18.7. The largest absolute Gasteiger partial charge is 0.486 e. The van der Waals surface area contributed by atoms with Gasteiger partial charge >= 0.3 is 0 Å². The Labute approximate surface area is 137 Å². The highest BCUT2D eigenvalue weighted by Crippen LogP contribution is 2.43. The summed E-state index contributed by atoms with van der Waals surface area (Å²) >= 11 is 0. The fourth-order valence-electron chi connectivity index (χ4n) is 3.59. The molecular weight excluding hydrogens is 292 g/mol. The van der Waals surface area contributed by atoms with Crippen LogP contribution in [-0.4, -0.2) is 39.3 Å². The van der Waals surface area contributed by atoms with Gasteiger partial charge in [0, 0.05) is 24.9 Å². The van der Waals surface area contributed by atoms with Crippen molar-refractivity contribution in [2.24, 2.45) is 0 Å². The number of hydrogen-bond acceptors (Lipinski definition) is 4. The van der Waals surface area contributed by atoms with Gasteiger partial charge in [-0.2, -0.15) is 0 Å². The second-order valence-electron chi connectivity index (χ2n) is 6.48. The Morgan fingerprint density at radius 1 is 1.17 bits per heavy atom. The van der Waals surface area contributed by atoms with Crippen LogP contribution in [0, 0.1) is 0 Å². The van der Waals surface area contributed by atoms with Gasteiger partial charge in [0.25, 0.3) is 0 Å². The Balaban J connectivity index is 1.74. The first-order valence-electron chi connectivity index (χ1n) is 8.55. The maximum atomic E-state index is 12.0. The van der Waals surface area contributed by atoms with Crippen LogP contribution < -0.4 is 20.1 Å². The SMILES string of the molecule is CNCCC(=O)NCC1(c2ccc3c(c2)OCCO3)CCCC1. The van der Waals surface area contributed by atoms with Crippen molar-refractivity contribution >= 4 is 5.91 Å². The number of hydrogen-bond donors (Lipinski definition) is 2. The topological polar surface area (TPSA) is 59.6 Å². The highest BCUT2D eigenvalue weighted by atomic mass is 16.6. The molecule has 5 heteroatoms. The lowest BCUT2D eigenvalue weighted by molar-refractivity contribution is -0.121.